The van der Waals surface area contributed by atoms with Crippen LogP contribution >= 0.6 is 0 Å². The number of hydrogen-bond donors (Lipinski definition) is 1. The number of fused-ring (bicyclic) bond motifs is 3. The summed E-state index contributed by atoms with van der Waals surface area (Å²) in [6.45, 7) is 3.54. The molecule has 1 fully saturated rings. The van der Waals surface area contributed by atoms with Gasteiger partial charge in [0.15, 0.2) is 0 Å². The molecular weight excluding hydrogens is 445 g/mol. The third-order valence-corrected chi connectivity index (χ3v) is 6.80. The molecule has 0 unspecified atom stereocenters. The second-order valence-corrected chi connectivity index (χ2v) is 9.17. The number of hydrogen-bond acceptors (Lipinski definition) is 4. The summed E-state index contributed by atoms with van der Waals surface area (Å²) in [5.41, 5.74) is 1.37. The Hall–Kier alpha value is -3.52. The molecule has 1 amide bonds. The molecule has 1 N–H and O–H groups in total. The van der Waals surface area contributed by atoms with Crippen molar-refractivity contribution in [1.82, 2.24) is 24.6 Å². The lowest BCUT2D eigenvalue weighted by Crippen LogP contribution is -2.38. The Balaban J connectivity index is 1.39. The van der Waals surface area contributed by atoms with Crippen LogP contribution in [-0.4, -0.2) is 51.3 Å². The number of para-hydroxylation sites is 1. The summed E-state index contributed by atoms with van der Waals surface area (Å²) in [5, 5.41) is 8.78. The quantitative estimate of drug-likeness (QED) is 0.444. The summed E-state index contributed by atoms with van der Waals surface area (Å²) in [6, 6.07) is 14.2. The van der Waals surface area contributed by atoms with E-state index in [9.17, 15) is 14.0 Å². The van der Waals surface area contributed by atoms with Gasteiger partial charge in [0.05, 0.1) is 12.7 Å². The van der Waals surface area contributed by atoms with Crippen LogP contribution in [0.2, 0.25) is 0 Å². The van der Waals surface area contributed by atoms with Crippen LogP contribution in [0.4, 0.5) is 4.39 Å². The zero-order valence-electron chi connectivity index (χ0n) is 19.8. The van der Waals surface area contributed by atoms with E-state index in [0.717, 1.165) is 30.5 Å². The summed E-state index contributed by atoms with van der Waals surface area (Å²) < 4.78 is 17.5. The van der Waals surface area contributed by atoms with Gasteiger partial charge < -0.3 is 14.8 Å². The summed E-state index contributed by atoms with van der Waals surface area (Å²) in [6.07, 6.45) is 6.57. The van der Waals surface area contributed by atoms with E-state index in [1.165, 1.54) is 36.4 Å². The van der Waals surface area contributed by atoms with Crippen LogP contribution in [-0.2, 0) is 17.9 Å². The topological polar surface area (TPSA) is 72.2 Å². The zero-order valence-corrected chi connectivity index (χ0v) is 19.8. The van der Waals surface area contributed by atoms with E-state index in [2.05, 4.69) is 15.3 Å². The minimum atomic E-state index is -0.363. The monoisotopic (exact) mass is 475 g/mol. The van der Waals surface area contributed by atoms with Crippen molar-refractivity contribution in [3.05, 3.63) is 76.5 Å². The number of rotatable bonds is 7. The van der Waals surface area contributed by atoms with Crippen molar-refractivity contribution in [3.63, 3.8) is 0 Å². The van der Waals surface area contributed by atoms with Gasteiger partial charge in [-0.15, -0.1) is 0 Å². The highest BCUT2D eigenvalue weighted by molar-refractivity contribution is 6.07. The Morgan fingerprint density at radius 2 is 1.71 bits per heavy atom. The normalized spacial score (nSPS) is 14.9. The van der Waals surface area contributed by atoms with E-state index in [0.29, 0.717) is 23.0 Å². The Kier molecular flexibility index (Phi) is 6.90. The maximum Gasteiger partial charge on any atom is 0.291 e. The van der Waals surface area contributed by atoms with Gasteiger partial charge in [0, 0.05) is 34.9 Å². The van der Waals surface area contributed by atoms with Crippen LogP contribution in [0.3, 0.4) is 0 Å². The number of likely N-dealkylation sites (tertiary alicyclic amines) is 1. The predicted molar refractivity (Wildman–Crippen MR) is 135 cm³/mol. The second-order valence-electron chi connectivity index (χ2n) is 9.17. The first kappa shape index (κ1) is 23.2. The van der Waals surface area contributed by atoms with Crippen molar-refractivity contribution in [2.45, 2.75) is 38.8 Å². The summed E-state index contributed by atoms with van der Waals surface area (Å²) >= 11 is 0. The van der Waals surface area contributed by atoms with Crippen LogP contribution in [0, 0.1) is 5.82 Å². The molecule has 0 aliphatic carbocycles. The molecule has 0 spiro atoms. The van der Waals surface area contributed by atoms with Crippen molar-refractivity contribution in [3.8, 4) is 0 Å². The van der Waals surface area contributed by atoms with Crippen molar-refractivity contribution >= 4 is 27.7 Å². The standard InChI is InChI=1S/C27H30FN5O2/c28-23-11-5-3-9-20(23)18-32-24-12-6-4-10-21(24)22-17-30-33(27(35)26(22)32)19-25(34)29-13-16-31-14-7-1-2-8-15-31/h3-6,9-12,17H,1-2,7-8,13-16,18-19H2,(H,29,34). The molecular formula is C27H30FN5O2. The van der Waals surface area contributed by atoms with E-state index in [4.69, 9.17) is 0 Å². The molecule has 0 atom stereocenters. The van der Waals surface area contributed by atoms with Gasteiger partial charge in [0.1, 0.15) is 17.9 Å². The lowest BCUT2D eigenvalue weighted by Gasteiger charge is -2.19. The van der Waals surface area contributed by atoms with Gasteiger partial charge in [0.2, 0.25) is 5.91 Å². The predicted octanol–water partition coefficient (Wildman–Crippen LogP) is 3.53. The molecule has 0 saturated carbocycles. The SMILES string of the molecule is O=C(Cn1ncc2c3ccccc3n(Cc3ccccc3F)c2c1=O)NCCN1CCCCCC1. The van der Waals surface area contributed by atoms with Crippen LogP contribution < -0.4 is 10.9 Å². The van der Waals surface area contributed by atoms with Gasteiger partial charge in [0.25, 0.3) is 5.56 Å². The van der Waals surface area contributed by atoms with Gasteiger partial charge in [-0.2, -0.15) is 5.10 Å². The summed E-state index contributed by atoms with van der Waals surface area (Å²) in [7, 11) is 0. The number of aromatic nitrogens is 3. The zero-order chi connectivity index (χ0) is 24.2. The summed E-state index contributed by atoms with van der Waals surface area (Å²) in [5.74, 6) is -0.567. The fourth-order valence-corrected chi connectivity index (χ4v) is 4.97. The molecule has 0 bridgehead atoms. The number of nitrogens with zero attached hydrogens (tertiary/aromatic N) is 4. The van der Waals surface area contributed by atoms with Crippen LogP contribution in [0.1, 0.15) is 31.2 Å². The number of amides is 1. The molecule has 1 saturated heterocycles. The first-order valence-electron chi connectivity index (χ1n) is 12.3. The average molecular weight is 476 g/mol. The number of nitrogens with one attached hydrogen (secondary N) is 1. The van der Waals surface area contributed by atoms with Gasteiger partial charge >= 0.3 is 0 Å². The van der Waals surface area contributed by atoms with Gasteiger partial charge in [-0.3, -0.25) is 9.59 Å². The Morgan fingerprint density at radius 1 is 0.971 bits per heavy atom. The van der Waals surface area contributed by atoms with Crippen LogP contribution in [0.5, 0.6) is 0 Å². The molecule has 35 heavy (non-hydrogen) atoms. The van der Waals surface area contributed by atoms with Crippen molar-refractivity contribution in [2.75, 3.05) is 26.2 Å². The number of carbonyl (C=O) groups excluding carboxylic acids is 1. The van der Waals surface area contributed by atoms with Gasteiger partial charge in [-0.25, -0.2) is 9.07 Å². The number of benzene rings is 2. The number of halogens is 1. The molecule has 182 valence electrons. The van der Waals surface area contributed by atoms with Crippen molar-refractivity contribution < 1.29 is 9.18 Å². The molecule has 8 heteroatoms. The number of carbonyl (C=O) groups is 1. The molecule has 1 aliphatic rings. The minimum Gasteiger partial charge on any atom is -0.353 e. The highest BCUT2D eigenvalue weighted by atomic mass is 19.1. The molecule has 2 aromatic carbocycles. The third kappa shape index (κ3) is 4.98. The van der Waals surface area contributed by atoms with E-state index >= 15 is 0 Å². The van der Waals surface area contributed by atoms with E-state index < -0.39 is 0 Å². The molecule has 1 aliphatic heterocycles. The average Bonchev–Trinajstić information content (AvgIpc) is 2.98. The maximum absolute atomic E-state index is 14.4. The first-order chi connectivity index (χ1) is 17.1. The third-order valence-electron chi connectivity index (χ3n) is 6.80. The van der Waals surface area contributed by atoms with E-state index in [-0.39, 0.29) is 30.4 Å². The molecule has 4 aromatic rings. The highest BCUT2D eigenvalue weighted by Gasteiger charge is 2.18. The molecule has 2 aromatic heterocycles. The minimum absolute atomic E-state index is 0.157. The first-order valence-corrected chi connectivity index (χ1v) is 12.3. The molecule has 7 nitrogen and oxygen atoms in total. The highest BCUT2D eigenvalue weighted by Crippen LogP contribution is 2.27. The van der Waals surface area contributed by atoms with Gasteiger partial charge in [-0.1, -0.05) is 49.2 Å². The van der Waals surface area contributed by atoms with E-state index in [1.807, 2.05) is 28.8 Å². The fraction of sp³-hybridized carbons (Fsp3) is 0.370. The molecule has 3 heterocycles. The lowest BCUT2D eigenvalue weighted by molar-refractivity contribution is -0.121. The lowest BCUT2D eigenvalue weighted by atomic mass is 10.2. The van der Waals surface area contributed by atoms with Crippen LogP contribution in [0.15, 0.2) is 59.5 Å². The Morgan fingerprint density at radius 3 is 2.51 bits per heavy atom. The van der Waals surface area contributed by atoms with Crippen molar-refractivity contribution in [2.24, 2.45) is 0 Å². The molecule has 5 rings (SSSR count). The van der Waals surface area contributed by atoms with Gasteiger partial charge in [-0.05, 0) is 38.1 Å². The smallest absolute Gasteiger partial charge is 0.291 e. The maximum atomic E-state index is 14.4. The largest absolute Gasteiger partial charge is 0.353 e. The Labute approximate surface area is 203 Å². The van der Waals surface area contributed by atoms with Crippen LogP contribution in [0.25, 0.3) is 21.8 Å². The fourth-order valence-electron chi connectivity index (χ4n) is 4.97. The second kappa shape index (κ2) is 10.4. The Bertz CT molecular complexity index is 1400. The summed E-state index contributed by atoms with van der Waals surface area (Å²) in [4.78, 5) is 28.5. The van der Waals surface area contributed by atoms with Crippen molar-refractivity contribution in [1.29, 1.82) is 0 Å². The van der Waals surface area contributed by atoms with E-state index in [1.54, 1.807) is 24.4 Å². The molecule has 0 radical (unpaired) electrons.